The lowest BCUT2D eigenvalue weighted by Gasteiger charge is -1.99. The zero-order chi connectivity index (χ0) is 12.4. The maximum atomic E-state index is 11.9. The number of hydrogen-bond acceptors (Lipinski definition) is 3. The van der Waals surface area contributed by atoms with Crippen molar-refractivity contribution in [1.29, 1.82) is 0 Å². The predicted molar refractivity (Wildman–Crippen MR) is 62.3 cm³/mol. The molecule has 0 fully saturated rings. The van der Waals surface area contributed by atoms with Crippen LogP contribution in [0.2, 0.25) is 0 Å². The van der Waals surface area contributed by atoms with Crippen LogP contribution >= 0.6 is 0 Å². The second-order valence-corrected chi connectivity index (χ2v) is 3.62. The van der Waals surface area contributed by atoms with Crippen LogP contribution < -0.4 is 10.9 Å². The largest absolute Gasteiger partial charge is 0.354 e. The van der Waals surface area contributed by atoms with Gasteiger partial charge in [0.05, 0.1) is 5.69 Å². The molecule has 6 heteroatoms. The fraction of sp³-hybridized carbons (Fsp3) is 0.182. The van der Waals surface area contributed by atoms with E-state index in [1.807, 2.05) is 19.1 Å². The Kier molecular flexibility index (Phi) is 2.78. The molecule has 88 valence electrons. The SMILES string of the molecule is CNC(=O)c1n[nH]n(-c2ccc(C)cc2)c1=O. The minimum absolute atomic E-state index is 0.145. The number of benzene rings is 1. The average molecular weight is 232 g/mol. The lowest BCUT2D eigenvalue weighted by molar-refractivity contribution is 0.0957. The quantitative estimate of drug-likeness (QED) is 0.777. The van der Waals surface area contributed by atoms with Crippen molar-refractivity contribution in [1.82, 2.24) is 20.3 Å². The number of nitrogens with zero attached hydrogens (tertiary/aromatic N) is 2. The highest BCUT2D eigenvalue weighted by Gasteiger charge is 2.15. The first-order valence-electron chi connectivity index (χ1n) is 5.10. The molecule has 17 heavy (non-hydrogen) atoms. The van der Waals surface area contributed by atoms with E-state index in [2.05, 4.69) is 15.6 Å². The maximum Gasteiger partial charge on any atom is 0.304 e. The summed E-state index contributed by atoms with van der Waals surface area (Å²) in [4.78, 5) is 23.2. The molecule has 0 saturated carbocycles. The van der Waals surface area contributed by atoms with Crippen LogP contribution in [0.3, 0.4) is 0 Å². The lowest BCUT2D eigenvalue weighted by Crippen LogP contribution is -2.27. The summed E-state index contributed by atoms with van der Waals surface area (Å²) in [6, 6.07) is 7.31. The van der Waals surface area contributed by atoms with Gasteiger partial charge in [0.2, 0.25) is 5.69 Å². The number of aromatic amines is 1. The number of H-pyrrole nitrogens is 1. The van der Waals surface area contributed by atoms with Gasteiger partial charge in [0.25, 0.3) is 5.91 Å². The Balaban J connectivity index is 2.48. The molecule has 2 rings (SSSR count). The van der Waals surface area contributed by atoms with Gasteiger partial charge < -0.3 is 5.32 Å². The molecule has 0 atom stereocenters. The molecule has 2 N–H and O–H groups in total. The van der Waals surface area contributed by atoms with E-state index in [4.69, 9.17) is 0 Å². The highest BCUT2D eigenvalue weighted by Crippen LogP contribution is 2.05. The monoisotopic (exact) mass is 232 g/mol. The molecule has 0 saturated heterocycles. The fourth-order valence-corrected chi connectivity index (χ4v) is 1.43. The number of amides is 1. The van der Waals surface area contributed by atoms with Gasteiger partial charge >= 0.3 is 5.56 Å². The van der Waals surface area contributed by atoms with E-state index in [1.54, 1.807) is 12.1 Å². The Bertz CT molecular complexity index is 595. The van der Waals surface area contributed by atoms with E-state index in [0.717, 1.165) is 5.56 Å². The molecule has 0 aliphatic heterocycles. The van der Waals surface area contributed by atoms with Crippen molar-refractivity contribution in [3.8, 4) is 5.69 Å². The van der Waals surface area contributed by atoms with Crippen LogP contribution in [0.4, 0.5) is 0 Å². The molecule has 1 amide bonds. The van der Waals surface area contributed by atoms with Crippen molar-refractivity contribution in [2.24, 2.45) is 0 Å². The van der Waals surface area contributed by atoms with Crippen molar-refractivity contribution < 1.29 is 4.79 Å². The van der Waals surface area contributed by atoms with E-state index in [-0.39, 0.29) is 5.69 Å². The predicted octanol–water partition coefficient (Wildman–Crippen LogP) is 0.229. The summed E-state index contributed by atoms with van der Waals surface area (Å²) in [6.07, 6.45) is 0. The number of carbonyl (C=O) groups excluding carboxylic acids is 1. The number of nitrogens with one attached hydrogen (secondary N) is 2. The highest BCUT2D eigenvalue weighted by atomic mass is 16.2. The Labute approximate surface area is 97.3 Å². The van der Waals surface area contributed by atoms with E-state index in [1.165, 1.54) is 11.7 Å². The minimum atomic E-state index is -0.503. The molecule has 0 bridgehead atoms. The van der Waals surface area contributed by atoms with Crippen molar-refractivity contribution in [3.63, 3.8) is 0 Å². The van der Waals surface area contributed by atoms with Gasteiger partial charge in [-0.25, -0.2) is 9.90 Å². The molecule has 1 aromatic heterocycles. The minimum Gasteiger partial charge on any atom is -0.354 e. The van der Waals surface area contributed by atoms with Crippen LogP contribution in [-0.4, -0.2) is 27.9 Å². The third-order valence-corrected chi connectivity index (χ3v) is 2.40. The van der Waals surface area contributed by atoms with Crippen LogP contribution in [0.5, 0.6) is 0 Å². The molecule has 1 heterocycles. The third-order valence-electron chi connectivity index (χ3n) is 2.40. The average Bonchev–Trinajstić information content (AvgIpc) is 2.71. The fourth-order valence-electron chi connectivity index (χ4n) is 1.43. The normalized spacial score (nSPS) is 10.2. The van der Waals surface area contributed by atoms with Crippen molar-refractivity contribution in [2.75, 3.05) is 7.05 Å². The second-order valence-electron chi connectivity index (χ2n) is 3.62. The number of rotatable bonds is 2. The number of carbonyl (C=O) groups is 1. The van der Waals surface area contributed by atoms with Crippen molar-refractivity contribution >= 4 is 5.91 Å². The van der Waals surface area contributed by atoms with Crippen LogP contribution in [0.25, 0.3) is 5.69 Å². The molecule has 2 aromatic rings. The van der Waals surface area contributed by atoms with E-state index in [0.29, 0.717) is 5.69 Å². The summed E-state index contributed by atoms with van der Waals surface area (Å²) in [5.41, 5.74) is 1.12. The Morgan fingerprint density at radius 3 is 2.59 bits per heavy atom. The zero-order valence-corrected chi connectivity index (χ0v) is 9.52. The van der Waals surface area contributed by atoms with Gasteiger partial charge in [-0.2, -0.15) is 0 Å². The van der Waals surface area contributed by atoms with Gasteiger partial charge in [0, 0.05) is 7.05 Å². The van der Waals surface area contributed by atoms with Crippen molar-refractivity contribution in [3.05, 3.63) is 45.9 Å². The first kappa shape index (κ1) is 11.1. The van der Waals surface area contributed by atoms with Crippen molar-refractivity contribution in [2.45, 2.75) is 6.92 Å². The van der Waals surface area contributed by atoms with Gasteiger partial charge in [-0.05, 0) is 19.1 Å². The number of aromatic nitrogens is 3. The summed E-state index contributed by atoms with van der Waals surface area (Å²) in [6.45, 7) is 1.95. The molecule has 0 aliphatic carbocycles. The smallest absolute Gasteiger partial charge is 0.304 e. The summed E-state index contributed by atoms with van der Waals surface area (Å²) in [5, 5.41) is 8.58. The Morgan fingerprint density at radius 1 is 1.35 bits per heavy atom. The van der Waals surface area contributed by atoms with E-state index >= 15 is 0 Å². The molecule has 0 spiro atoms. The Hall–Kier alpha value is -2.37. The van der Waals surface area contributed by atoms with E-state index in [9.17, 15) is 9.59 Å². The van der Waals surface area contributed by atoms with Gasteiger partial charge in [-0.3, -0.25) is 9.59 Å². The second kappa shape index (κ2) is 4.25. The molecule has 0 unspecified atom stereocenters. The van der Waals surface area contributed by atoms with Gasteiger partial charge in [-0.15, -0.1) is 5.10 Å². The first-order valence-corrected chi connectivity index (χ1v) is 5.10. The Morgan fingerprint density at radius 2 is 2.00 bits per heavy atom. The van der Waals surface area contributed by atoms with Crippen LogP contribution in [0.1, 0.15) is 16.1 Å². The molecular formula is C11H12N4O2. The molecule has 0 radical (unpaired) electrons. The maximum absolute atomic E-state index is 11.9. The third kappa shape index (κ3) is 1.96. The molecule has 0 aliphatic rings. The summed E-state index contributed by atoms with van der Waals surface area (Å²) < 4.78 is 1.23. The summed E-state index contributed by atoms with van der Waals surface area (Å²) in [7, 11) is 1.45. The van der Waals surface area contributed by atoms with E-state index < -0.39 is 11.5 Å². The van der Waals surface area contributed by atoms with Gasteiger partial charge in [-0.1, -0.05) is 17.7 Å². The zero-order valence-electron chi connectivity index (χ0n) is 9.52. The number of aryl methyl sites for hydroxylation is 1. The lowest BCUT2D eigenvalue weighted by atomic mass is 10.2. The molecular weight excluding hydrogens is 220 g/mol. The van der Waals surface area contributed by atoms with Gasteiger partial charge in [0.15, 0.2) is 0 Å². The van der Waals surface area contributed by atoms with Crippen LogP contribution in [0.15, 0.2) is 29.1 Å². The topological polar surface area (TPSA) is 79.8 Å². The summed E-state index contributed by atoms with van der Waals surface area (Å²) >= 11 is 0. The molecule has 1 aromatic carbocycles. The first-order chi connectivity index (χ1) is 8.13. The highest BCUT2D eigenvalue weighted by molar-refractivity contribution is 5.91. The van der Waals surface area contributed by atoms with Gasteiger partial charge in [0.1, 0.15) is 0 Å². The standard InChI is InChI=1S/C11H12N4O2/c1-7-3-5-8(6-4-7)15-11(17)9(13-14-15)10(16)12-2/h3-6,14H,1-2H3,(H,12,16). The summed E-state index contributed by atoms with van der Waals surface area (Å²) in [5.74, 6) is -0.503. The molecule has 6 nitrogen and oxygen atoms in total. The van der Waals surface area contributed by atoms with Crippen LogP contribution in [0, 0.1) is 6.92 Å². The number of hydrogen-bond donors (Lipinski definition) is 2. The van der Waals surface area contributed by atoms with Crippen LogP contribution in [-0.2, 0) is 0 Å².